The van der Waals surface area contributed by atoms with E-state index in [9.17, 15) is 18.4 Å². The minimum atomic E-state index is -2.96. The minimum absolute atomic E-state index is 0.0552. The molecule has 0 aromatic heterocycles. The van der Waals surface area contributed by atoms with Crippen LogP contribution in [-0.4, -0.2) is 37.7 Å². The van der Waals surface area contributed by atoms with E-state index in [4.69, 9.17) is 4.74 Å². The van der Waals surface area contributed by atoms with Crippen LogP contribution in [0.3, 0.4) is 0 Å². The van der Waals surface area contributed by atoms with Gasteiger partial charge in [-0.05, 0) is 42.5 Å². The Morgan fingerprint density at radius 2 is 1.73 bits per heavy atom. The summed E-state index contributed by atoms with van der Waals surface area (Å²) < 4.78 is 34.8. The van der Waals surface area contributed by atoms with E-state index in [-0.39, 0.29) is 30.0 Å². The summed E-state index contributed by atoms with van der Waals surface area (Å²) in [6.07, 6.45) is 3.23. The SMILES string of the molecule is COc1ccc(CCNC(=O)C2(NC(=O)NCc3ccccc3)CCCC2)cc1OC(F)F. The first-order valence-electron chi connectivity index (χ1n) is 10.9. The predicted octanol–water partition coefficient (Wildman–Crippen LogP) is 3.77. The van der Waals surface area contributed by atoms with Crippen molar-refractivity contribution in [1.82, 2.24) is 16.0 Å². The van der Waals surface area contributed by atoms with E-state index < -0.39 is 12.2 Å². The van der Waals surface area contributed by atoms with Crippen molar-refractivity contribution < 1.29 is 27.8 Å². The number of amides is 3. The zero-order valence-corrected chi connectivity index (χ0v) is 18.5. The van der Waals surface area contributed by atoms with Gasteiger partial charge < -0.3 is 25.4 Å². The fourth-order valence-electron chi connectivity index (χ4n) is 3.98. The second-order valence-electron chi connectivity index (χ2n) is 7.95. The monoisotopic (exact) mass is 461 g/mol. The Morgan fingerprint density at radius 3 is 2.39 bits per heavy atom. The van der Waals surface area contributed by atoms with Gasteiger partial charge in [0.05, 0.1) is 7.11 Å². The summed E-state index contributed by atoms with van der Waals surface area (Å²) in [5, 5.41) is 8.56. The normalized spacial score (nSPS) is 14.5. The smallest absolute Gasteiger partial charge is 0.387 e. The van der Waals surface area contributed by atoms with Gasteiger partial charge in [0.15, 0.2) is 11.5 Å². The number of nitrogens with one attached hydrogen (secondary N) is 3. The Hall–Kier alpha value is -3.36. The standard InChI is InChI=1S/C24H29F2N3O4/c1-32-19-10-9-17(15-20(19)33-22(25)26)11-14-27-21(30)24(12-5-6-13-24)29-23(31)28-16-18-7-3-2-4-8-18/h2-4,7-10,15,22H,5-6,11-14,16H2,1H3,(H,27,30)(H2,28,29,31). The first-order valence-corrected chi connectivity index (χ1v) is 10.9. The molecule has 2 aromatic rings. The maximum atomic E-state index is 13.0. The molecule has 1 saturated carbocycles. The third kappa shape index (κ3) is 6.81. The lowest BCUT2D eigenvalue weighted by atomic mass is 9.96. The van der Waals surface area contributed by atoms with Crippen LogP contribution >= 0.6 is 0 Å². The molecule has 0 atom stereocenters. The van der Waals surface area contributed by atoms with Crippen LogP contribution in [0.5, 0.6) is 11.5 Å². The van der Waals surface area contributed by atoms with Crippen LogP contribution in [0.1, 0.15) is 36.8 Å². The lowest BCUT2D eigenvalue weighted by molar-refractivity contribution is -0.127. The number of hydrogen-bond donors (Lipinski definition) is 3. The number of benzene rings is 2. The Balaban J connectivity index is 1.54. The van der Waals surface area contributed by atoms with Crippen molar-refractivity contribution in [3.63, 3.8) is 0 Å². The van der Waals surface area contributed by atoms with E-state index in [0.29, 0.717) is 31.4 Å². The lowest BCUT2D eigenvalue weighted by Gasteiger charge is -2.29. The highest BCUT2D eigenvalue weighted by atomic mass is 19.3. The van der Waals surface area contributed by atoms with Crippen LogP contribution in [-0.2, 0) is 17.8 Å². The molecule has 1 fully saturated rings. The number of alkyl halides is 2. The van der Waals surface area contributed by atoms with Gasteiger partial charge >= 0.3 is 12.6 Å². The molecule has 33 heavy (non-hydrogen) atoms. The second-order valence-corrected chi connectivity index (χ2v) is 7.95. The van der Waals surface area contributed by atoms with E-state index in [1.54, 1.807) is 12.1 Å². The Bertz CT molecular complexity index is 935. The van der Waals surface area contributed by atoms with E-state index in [1.807, 2.05) is 30.3 Å². The summed E-state index contributed by atoms with van der Waals surface area (Å²) in [6.45, 7) is -2.31. The van der Waals surface area contributed by atoms with Gasteiger partial charge in [0.25, 0.3) is 0 Å². The summed E-state index contributed by atoms with van der Waals surface area (Å²) in [4.78, 5) is 25.5. The summed E-state index contributed by atoms with van der Waals surface area (Å²) in [5.74, 6) is -0.0912. The molecular formula is C24H29F2N3O4. The molecule has 0 saturated heterocycles. The molecule has 2 aromatic carbocycles. The van der Waals surface area contributed by atoms with Gasteiger partial charge in [0.1, 0.15) is 5.54 Å². The lowest BCUT2D eigenvalue weighted by Crippen LogP contribution is -2.59. The maximum absolute atomic E-state index is 13.0. The van der Waals surface area contributed by atoms with Gasteiger partial charge in [-0.25, -0.2) is 4.79 Å². The van der Waals surface area contributed by atoms with Crippen molar-refractivity contribution in [2.75, 3.05) is 13.7 Å². The van der Waals surface area contributed by atoms with Crippen molar-refractivity contribution in [2.45, 2.75) is 50.8 Å². The van der Waals surface area contributed by atoms with Crippen LogP contribution in [0.4, 0.5) is 13.6 Å². The molecule has 0 bridgehead atoms. The zero-order chi connectivity index (χ0) is 23.7. The molecule has 1 aliphatic carbocycles. The maximum Gasteiger partial charge on any atom is 0.387 e. The number of methoxy groups -OCH3 is 1. The third-order valence-electron chi connectivity index (χ3n) is 5.68. The second kappa shape index (κ2) is 11.5. The van der Waals surface area contributed by atoms with Gasteiger partial charge in [0.2, 0.25) is 5.91 Å². The quantitative estimate of drug-likeness (QED) is 0.503. The average molecular weight is 462 g/mol. The molecule has 0 unspecified atom stereocenters. The fourth-order valence-corrected chi connectivity index (χ4v) is 3.98. The van der Waals surface area contributed by atoms with Gasteiger partial charge in [0, 0.05) is 13.1 Å². The van der Waals surface area contributed by atoms with Crippen LogP contribution in [0.25, 0.3) is 0 Å². The summed E-state index contributed by atoms with van der Waals surface area (Å²) >= 11 is 0. The molecular weight excluding hydrogens is 432 g/mol. The number of carbonyl (C=O) groups excluding carboxylic acids is 2. The molecule has 3 rings (SSSR count). The fraction of sp³-hybridized carbons (Fsp3) is 0.417. The van der Waals surface area contributed by atoms with Gasteiger partial charge in [-0.3, -0.25) is 4.79 Å². The minimum Gasteiger partial charge on any atom is -0.493 e. The Morgan fingerprint density at radius 1 is 1.00 bits per heavy atom. The number of rotatable bonds is 10. The van der Waals surface area contributed by atoms with Gasteiger partial charge in [-0.15, -0.1) is 0 Å². The first-order chi connectivity index (χ1) is 15.9. The number of urea groups is 1. The van der Waals surface area contributed by atoms with Crippen molar-refractivity contribution in [3.05, 3.63) is 59.7 Å². The highest BCUT2D eigenvalue weighted by Gasteiger charge is 2.42. The third-order valence-corrected chi connectivity index (χ3v) is 5.68. The number of carbonyl (C=O) groups is 2. The molecule has 0 heterocycles. The summed E-state index contributed by atoms with van der Waals surface area (Å²) in [5.41, 5.74) is 0.720. The molecule has 0 spiro atoms. The van der Waals surface area contributed by atoms with Crippen molar-refractivity contribution >= 4 is 11.9 Å². The molecule has 178 valence electrons. The van der Waals surface area contributed by atoms with Crippen LogP contribution in [0.15, 0.2) is 48.5 Å². The summed E-state index contributed by atoms with van der Waals surface area (Å²) in [6, 6.07) is 13.9. The highest BCUT2D eigenvalue weighted by molar-refractivity contribution is 5.91. The van der Waals surface area contributed by atoms with E-state index >= 15 is 0 Å². The van der Waals surface area contributed by atoms with E-state index in [1.165, 1.54) is 13.2 Å². The van der Waals surface area contributed by atoms with E-state index in [2.05, 4.69) is 20.7 Å². The molecule has 3 amide bonds. The van der Waals surface area contributed by atoms with Gasteiger partial charge in [-0.1, -0.05) is 49.2 Å². The zero-order valence-electron chi connectivity index (χ0n) is 18.5. The molecule has 7 nitrogen and oxygen atoms in total. The van der Waals surface area contributed by atoms with E-state index in [0.717, 1.165) is 18.4 Å². The average Bonchev–Trinajstić information content (AvgIpc) is 3.28. The molecule has 1 aliphatic rings. The topological polar surface area (TPSA) is 88.7 Å². The van der Waals surface area contributed by atoms with Crippen LogP contribution < -0.4 is 25.4 Å². The number of halogens is 2. The molecule has 0 radical (unpaired) electrons. The van der Waals surface area contributed by atoms with Crippen molar-refractivity contribution in [2.24, 2.45) is 0 Å². The van der Waals surface area contributed by atoms with Crippen molar-refractivity contribution in [3.8, 4) is 11.5 Å². The number of ether oxygens (including phenoxy) is 2. The first kappa shape index (κ1) is 24.3. The molecule has 3 N–H and O–H groups in total. The highest BCUT2D eigenvalue weighted by Crippen LogP contribution is 2.31. The van der Waals surface area contributed by atoms with Crippen LogP contribution in [0.2, 0.25) is 0 Å². The largest absolute Gasteiger partial charge is 0.493 e. The van der Waals surface area contributed by atoms with Gasteiger partial charge in [-0.2, -0.15) is 8.78 Å². The number of hydrogen-bond acceptors (Lipinski definition) is 4. The predicted molar refractivity (Wildman–Crippen MR) is 119 cm³/mol. The van der Waals surface area contributed by atoms with Crippen molar-refractivity contribution in [1.29, 1.82) is 0 Å². The molecule has 9 heteroatoms. The summed E-state index contributed by atoms with van der Waals surface area (Å²) in [7, 11) is 1.37. The Labute approximate surface area is 191 Å². The van der Waals surface area contributed by atoms with Crippen LogP contribution in [0, 0.1) is 0 Å². The molecule has 0 aliphatic heterocycles. The Kier molecular flexibility index (Phi) is 8.46.